The molecule has 0 fully saturated rings. The third-order valence-corrected chi connectivity index (χ3v) is 3.31. The number of rotatable bonds is 5. The van der Waals surface area contributed by atoms with Crippen LogP contribution in [-0.2, 0) is 14.4 Å². The highest BCUT2D eigenvalue weighted by molar-refractivity contribution is 6.27. The van der Waals surface area contributed by atoms with Crippen molar-refractivity contribution in [1.82, 2.24) is 0 Å². The first-order valence-corrected chi connectivity index (χ1v) is 6.33. The van der Waals surface area contributed by atoms with Gasteiger partial charge in [0.15, 0.2) is 11.6 Å². The minimum Gasteiger partial charge on any atom is -0.401 e. The van der Waals surface area contributed by atoms with Gasteiger partial charge >= 0.3 is 0 Å². The van der Waals surface area contributed by atoms with Gasteiger partial charge in [-0.3, -0.25) is 14.4 Å². The Kier molecular flexibility index (Phi) is 4.64. The minimum atomic E-state index is -0.827. The molecule has 0 radical (unpaired) electrons. The second-order valence-electron chi connectivity index (χ2n) is 4.64. The van der Waals surface area contributed by atoms with E-state index in [-0.39, 0.29) is 17.1 Å². The molecule has 0 aromatic heterocycles. The van der Waals surface area contributed by atoms with Gasteiger partial charge in [-0.05, 0) is 12.8 Å². The Balaban J connectivity index is 3.24. The van der Waals surface area contributed by atoms with Crippen molar-refractivity contribution >= 4 is 17.5 Å². The quantitative estimate of drug-likeness (QED) is 0.554. The maximum Gasteiger partial charge on any atom is 0.254 e. The van der Waals surface area contributed by atoms with Gasteiger partial charge in [-0.2, -0.15) is 0 Å². The molecule has 0 heterocycles. The molecule has 0 aromatic rings. The third-order valence-electron chi connectivity index (χ3n) is 3.31. The van der Waals surface area contributed by atoms with Gasteiger partial charge < -0.3 is 11.5 Å². The van der Waals surface area contributed by atoms with Crippen LogP contribution in [-0.4, -0.2) is 17.5 Å². The van der Waals surface area contributed by atoms with Crippen molar-refractivity contribution in [2.45, 2.75) is 39.5 Å². The lowest BCUT2D eigenvalue weighted by atomic mass is 9.74. The van der Waals surface area contributed by atoms with Crippen LogP contribution in [0.1, 0.15) is 39.5 Å². The number of carbonyl (C=O) groups is 3. The van der Waals surface area contributed by atoms with Gasteiger partial charge in [-0.15, -0.1) is 0 Å². The first kappa shape index (κ1) is 14.4. The summed E-state index contributed by atoms with van der Waals surface area (Å²) in [4.78, 5) is 35.6. The van der Waals surface area contributed by atoms with E-state index in [4.69, 9.17) is 11.5 Å². The molecule has 0 bridgehead atoms. The number of amides is 1. The van der Waals surface area contributed by atoms with Gasteiger partial charge in [-0.1, -0.05) is 26.7 Å². The summed E-state index contributed by atoms with van der Waals surface area (Å²) in [5.74, 6) is -2.77. The van der Waals surface area contributed by atoms with Crippen molar-refractivity contribution < 1.29 is 14.4 Å². The summed E-state index contributed by atoms with van der Waals surface area (Å²) in [5, 5.41) is 0. The summed E-state index contributed by atoms with van der Waals surface area (Å²) in [7, 11) is 0. The van der Waals surface area contributed by atoms with Crippen LogP contribution in [0.15, 0.2) is 11.3 Å². The van der Waals surface area contributed by atoms with Gasteiger partial charge in [0.05, 0.1) is 11.8 Å². The molecule has 0 spiro atoms. The Bertz CT molecular complexity index is 412. The Morgan fingerprint density at radius 1 is 1.11 bits per heavy atom. The fraction of sp³-hybridized carbons (Fsp3) is 0.615. The number of carbonyl (C=O) groups excluding carboxylic acids is 3. The largest absolute Gasteiger partial charge is 0.401 e. The number of hydrogen-bond acceptors (Lipinski definition) is 4. The van der Waals surface area contributed by atoms with Crippen molar-refractivity contribution in [2.75, 3.05) is 0 Å². The van der Waals surface area contributed by atoms with Gasteiger partial charge in [0.25, 0.3) is 5.91 Å². The van der Waals surface area contributed by atoms with Gasteiger partial charge in [-0.25, -0.2) is 0 Å². The number of Topliss-reactive ketones (excluding diaryl/α,β-unsaturated/α-hetero) is 2. The summed E-state index contributed by atoms with van der Waals surface area (Å²) in [6.07, 6.45) is 2.46. The molecule has 18 heavy (non-hydrogen) atoms. The SMILES string of the molecule is CCCC1C(=O)C(C(N)=O)=C(N)C(CCC)C1=O. The lowest BCUT2D eigenvalue weighted by Gasteiger charge is -2.28. The molecule has 0 saturated carbocycles. The molecular weight excluding hydrogens is 232 g/mol. The minimum absolute atomic E-state index is 0.0618. The number of allylic oxidation sites excluding steroid dienone is 1. The van der Waals surface area contributed by atoms with Crippen molar-refractivity contribution in [3.05, 3.63) is 11.3 Å². The molecule has 1 rings (SSSR count). The van der Waals surface area contributed by atoms with Crippen LogP contribution >= 0.6 is 0 Å². The first-order chi connectivity index (χ1) is 8.45. The molecule has 4 N–H and O–H groups in total. The predicted molar refractivity (Wildman–Crippen MR) is 67.2 cm³/mol. The molecule has 0 aromatic carbocycles. The van der Waals surface area contributed by atoms with Gasteiger partial charge in [0.1, 0.15) is 5.57 Å². The van der Waals surface area contributed by atoms with Crippen LogP contribution in [0.2, 0.25) is 0 Å². The van der Waals surface area contributed by atoms with E-state index >= 15 is 0 Å². The summed E-state index contributed by atoms with van der Waals surface area (Å²) < 4.78 is 0. The molecule has 0 saturated heterocycles. The molecule has 1 aliphatic carbocycles. The molecule has 100 valence electrons. The Morgan fingerprint density at radius 2 is 1.61 bits per heavy atom. The van der Waals surface area contributed by atoms with Crippen molar-refractivity contribution in [3.63, 3.8) is 0 Å². The van der Waals surface area contributed by atoms with E-state index in [0.717, 1.165) is 6.42 Å². The van der Waals surface area contributed by atoms with Crippen LogP contribution in [0.3, 0.4) is 0 Å². The molecule has 5 nitrogen and oxygen atoms in total. The second kappa shape index (κ2) is 5.80. The van der Waals surface area contributed by atoms with E-state index in [1.165, 1.54) is 0 Å². The van der Waals surface area contributed by atoms with E-state index in [1.807, 2.05) is 13.8 Å². The number of hydrogen-bond donors (Lipinski definition) is 2. The normalized spacial score (nSPS) is 24.6. The lowest BCUT2D eigenvalue weighted by molar-refractivity contribution is -0.135. The standard InChI is InChI=1S/C13H20N2O3/c1-3-5-7-10(14)9(13(15)18)12(17)8(6-4-2)11(7)16/h7-8H,3-6,14H2,1-2H3,(H2,15,18). The first-order valence-electron chi connectivity index (χ1n) is 6.33. The van der Waals surface area contributed by atoms with E-state index in [2.05, 4.69) is 0 Å². The molecular formula is C13H20N2O3. The average molecular weight is 252 g/mol. The Morgan fingerprint density at radius 3 is 2.06 bits per heavy atom. The highest BCUT2D eigenvalue weighted by Crippen LogP contribution is 2.31. The molecule has 1 aliphatic rings. The maximum absolute atomic E-state index is 12.2. The number of ketones is 2. The molecule has 2 atom stereocenters. The lowest BCUT2D eigenvalue weighted by Crippen LogP contribution is -2.43. The van der Waals surface area contributed by atoms with E-state index in [1.54, 1.807) is 0 Å². The van der Waals surface area contributed by atoms with Crippen LogP contribution in [0.5, 0.6) is 0 Å². The van der Waals surface area contributed by atoms with Gasteiger partial charge in [0.2, 0.25) is 0 Å². The average Bonchev–Trinajstić information content (AvgIpc) is 2.30. The predicted octanol–water partition coefficient (Wildman–Crippen LogP) is 0.669. The van der Waals surface area contributed by atoms with Crippen molar-refractivity contribution in [2.24, 2.45) is 23.3 Å². The van der Waals surface area contributed by atoms with Crippen LogP contribution < -0.4 is 11.5 Å². The van der Waals surface area contributed by atoms with Crippen LogP contribution in [0.25, 0.3) is 0 Å². The smallest absolute Gasteiger partial charge is 0.254 e. The summed E-state index contributed by atoms with van der Waals surface area (Å²) >= 11 is 0. The maximum atomic E-state index is 12.2. The fourth-order valence-electron chi connectivity index (χ4n) is 2.43. The Hall–Kier alpha value is -1.65. The van der Waals surface area contributed by atoms with Crippen LogP contribution in [0.4, 0.5) is 0 Å². The molecule has 0 aliphatic heterocycles. The highest BCUT2D eigenvalue weighted by atomic mass is 16.2. The number of primary amides is 1. The summed E-state index contributed by atoms with van der Waals surface area (Å²) in [6, 6.07) is 0. The highest BCUT2D eigenvalue weighted by Gasteiger charge is 2.42. The second-order valence-corrected chi connectivity index (χ2v) is 4.64. The molecule has 5 heteroatoms. The summed E-state index contributed by atoms with van der Waals surface area (Å²) in [5.41, 5.74) is 10.9. The topological polar surface area (TPSA) is 103 Å². The van der Waals surface area contributed by atoms with Gasteiger partial charge in [0, 0.05) is 5.70 Å². The van der Waals surface area contributed by atoms with Crippen molar-refractivity contribution in [1.29, 1.82) is 0 Å². The zero-order valence-corrected chi connectivity index (χ0v) is 10.9. The monoisotopic (exact) mass is 252 g/mol. The van der Waals surface area contributed by atoms with Crippen LogP contribution in [0, 0.1) is 11.8 Å². The van der Waals surface area contributed by atoms with E-state index in [9.17, 15) is 14.4 Å². The molecule has 2 unspecified atom stereocenters. The zero-order valence-electron chi connectivity index (χ0n) is 10.9. The Labute approximate surface area is 107 Å². The zero-order chi connectivity index (χ0) is 13.9. The van der Waals surface area contributed by atoms with Crippen molar-refractivity contribution in [3.8, 4) is 0 Å². The van der Waals surface area contributed by atoms with E-state index < -0.39 is 23.5 Å². The fourth-order valence-corrected chi connectivity index (χ4v) is 2.43. The van der Waals surface area contributed by atoms with E-state index in [0.29, 0.717) is 19.3 Å². The summed E-state index contributed by atoms with van der Waals surface area (Å²) in [6.45, 7) is 3.82. The molecule has 1 amide bonds. The number of nitrogens with two attached hydrogens (primary N) is 2. The third kappa shape index (κ3) is 2.44.